The Morgan fingerprint density at radius 2 is 2.33 bits per heavy atom. The van der Waals surface area contributed by atoms with Crippen molar-refractivity contribution >= 4 is 11.8 Å². The first-order valence-electron chi connectivity index (χ1n) is 5.61. The van der Waals surface area contributed by atoms with Gasteiger partial charge in [0, 0.05) is 12.1 Å². The van der Waals surface area contributed by atoms with Crippen LogP contribution in [0, 0.1) is 0 Å². The molecule has 4 N–H and O–H groups in total. The van der Waals surface area contributed by atoms with Gasteiger partial charge in [-0.05, 0) is 18.2 Å². The molecule has 2 amide bonds. The highest BCUT2D eigenvalue weighted by Crippen LogP contribution is 2.13. The van der Waals surface area contributed by atoms with Crippen LogP contribution in [0.15, 0.2) is 24.3 Å². The summed E-state index contributed by atoms with van der Waals surface area (Å²) in [6, 6.07) is 6.00. The van der Waals surface area contributed by atoms with E-state index in [0.29, 0.717) is 17.9 Å². The second-order valence-electron chi connectivity index (χ2n) is 4.03. The van der Waals surface area contributed by atoms with Gasteiger partial charge in [-0.15, -0.1) is 0 Å². The summed E-state index contributed by atoms with van der Waals surface area (Å²) in [5.74, 6) is 0.0741. The van der Waals surface area contributed by atoms with E-state index in [9.17, 15) is 9.59 Å². The highest BCUT2D eigenvalue weighted by molar-refractivity contribution is 6.00. The minimum absolute atomic E-state index is 0.188. The Labute approximate surface area is 104 Å². The van der Waals surface area contributed by atoms with E-state index in [4.69, 9.17) is 10.5 Å². The van der Waals surface area contributed by atoms with Crippen LogP contribution in [0.3, 0.4) is 0 Å². The van der Waals surface area contributed by atoms with E-state index in [1.54, 1.807) is 24.3 Å². The van der Waals surface area contributed by atoms with Crippen molar-refractivity contribution in [2.75, 3.05) is 13.7 Å². The molecule has 2 rings (SSSR count). The standard InChI is InChI=1S/C12H15N3O3/c1-18-8-4-2-3-7(5-8)11(16)15-10-9(6-13)14-12(10)17/h2-5,9-10H,6,13H2,1H3,(H,14,17)(H,15,16)/t9-,10+/m1/s1. The van der Waals surface area contributed by atoms with Crippen LogP contribution in [0.1, 0.15) is 10.4 Å². The zero-order valence-electron chi connectivity index (χ0n) is 9.97. The SMILES string of the molecule is COc1cccc(C(=O)N[C@@H]2C(=O)N[C@@H]2CN)c1. The van der Waals surface area contributed by atoms with Gasteiger partial charge in [0.15, 0.2) is 0 Å². The van der Waals surface area contributed by atoms with Gasteiger partial charge in [-0.1, -0.05) is 6.07 Å². The van der Waals surface area contributed by atoms with Crippen LogP contribution in [0.5, 0.6) is 5.75 Å². The Morgan fingerprint density at radius 1 is 1.56 bits per heavy atom. The first-order chi connectivity index (χ1) is 8.65. The van der Waals surface area contributed by atoms with Crippen LogP contribution < -0.4 is 21.1 Å². The first-order valence-corrected chi connectivity index (χ1v) is 5.61. The van der Waals surface area contributed by atoms with Crippen molar-refractivity contribution in [1.82, 2.24) is 10.6 Å². The van der Waals surface area contributed by atoms with Crippen LogP contribution in [0.4, 0.5) is 0 Å². The van der Waals surface area contributed by atoms with Gasteiger partial charge in [-0.25, -0.2) is 0 Å². The maximum absolute atomic E-state index is 11.9. The Balaban J connectivity index is 2.05. The third-order valence-electron chi connectivity index (χ3n) is 2.88. The summed E-state index contributed by atoms with van der Waals surface area (Å²) in [6.07, 6.45) is 0. The molecule has 1 heterocycles. The zero-order valence-corrected chi connectivity index (χ0v) is 9.97. The molecule has 6 nitrogen and oxygen atoms in total. The van der Waals surface area contributed by atoms with E-state index in [2.05, 4.69) is 10.6 Å². The van der Waals surface area contributed by atoms with Crippen molar-refractivity contribution in [3.63, 3.8) is 0 Å². The summed E-state index contributed by atoms with van der Waals surface area (Å²) in [7, 11) is 1.53. The average molecular weight is 249 g/mol. The highest BCUT2D eigenvalue weighted by atomic mass is 16.5. The van der Waals surface area contributed by atoms with Gasteiger partial charge < -0.3 is 21.1 Å². The van der Waals surface area contributed by atoms with Crippen LogP contribution in [-0.2, 0) is 4.79 Å². The highest BCUT2D eigenvalue weighted by Gasteiger charge is 2.39. The summed E-state index contributed by atoms with van der Waals surface area (Å²) < 4.78 is 5.03. The lowest BCUT2D eigenvalue weighted by atomic mass is 9.98. The van der Waals surface area contributed by atoms with Gasteiger partial charge in [0.2, 0.25) is 5.91 Å². The number of nitrogens with one attached hydrogen (secondary N) is 2. The molecule has 1 aromatic carbocycles. The molecule has 0 spiro atoms. The molecule has 6 heteroatoms. The maximum atomic E-state index is 11.9. The first kappa shape index (κ1) is 12.4. The number of rotatable bonds is 4. The smallest absolute Gasteiger partial charge is 0.252 e. The van der Waals surface area contributed by atoms with Crippen LogP contribution in [-0.4, -0.2) is 37.6 Å². The molecule has 0 aromatic heterocycles. The van der Waals surface area contributed by atoms with Crippen molar-refractivity contribution in [2.45, 2.75) is 12.1 Å². The minimum atomic E-state index is -0.547. The summed E-state index contributed by atoms with van der Waals surface area (Å²) >= 11 is 0. The molecule has 0 unspecified atom stereocenters. The number of carbonyl (C=O) groups excluding carboxylic acids is 2. The fourth-order valence-electron chi connectivity index (χ4n) is 1.79. The topological polar surface area (TPSA) is 93.4 Å². The second kappa shape index (κ2) is 5.05. The molecule has 1 aliphatic rings. The quantitative estimate of drug-likeness (QED) is 0.612. The number of ether oxygens (including phenoxy) is 1. The second-order valence-corrected chi connectivity index (χ2v) is 4.03. The molecular formula is C12H15N3O3. The molecule has 18 heavy (non-hydrogen) atoms. The molecule has 1 aromatic rings. The van der Waals surface area contributed by atoms with Crippen LogP contribution >= 0.6 is 0 Å². The van der Waals surface area contributed by atoms with Crippen molar-refractivity contribution in [3.8, 4) is 5.75 Å². The Kier molecular flexibility index (Phi) is 3.47. The lowest BCUT2D eigenvalue weighted by Crippen LogP contribution is -2.71. The molecule has 0 aliphatic carbocycles. The maximum Gasteiger partial charge on any atom is 0.252 e. The van der Waals surface area contributed by atoms with Gasteiger partial charge in [-0.2, -0.15) is 0 Å². The molecular weight excluding hydrogens is 234 g/mol. The number of nitrogens with two attached hydrogens (primary N) is 1. The van der Waals surface area contributed by atoms with Crippen molar-refractivity contribution in [2.24, 2.45) is 5.73 Å². The zero-order chi connectivity index (χ0) is 13.1. The molecule has 96 valence electrons. The lowest BCUT2D eigenvalue weighted by Gasteiger charge is -2.36. The van der Waals surface area contributed by atoms with E-state index >= 15 is 0 Å². The lowest BCUT2D eigenvalue weighted by molar-refractivity contribution is -0.131. The van der Waals surface area contributed by atoms with Crippen molar-refractivity contribution < 1.29 is 14.3 Å². The number of hydrogen-bond donors (Lipinski definition) is 3. The molecule has 1 fully saturated rings. The molecule has 0 saturated carbocycles. The normalized spacial score (nSPS) is 21.8. The number of β-lactam (4-membered cyclic amide) rings is 1. The number of carbonyl (C=O) groups is 2. The van der Waals surface area contributed by atoms with Gasteiger partial charge in [-0.3, -0.25) is 9.59 Å². The van der Waals surface area contributed by atoms with E-state index < -0.39 is 6.04 Å². The molecule has 0 radical (unpaired) electrons. The largest absolute Gasteiger partial charge is 0.497 e. The number of benzene rings is 1. The van der Waals surface area contributed by atoms with Crippen LogP contribution in [0.2, 0.25) is 0 Å². The van der Waals surface area contributed by atoms with E-state index in [1.807, 2.05) is 0 Å². The van der Waals surface area contributed by atoms with Crippen LogP contribution in [0.25, 0.3) is 0 Å². The van der Waals surface area contributed by atoms with Crippen molar-refractivity contribution in [1.29, 1.82) is 0 Å². The fraction of sp³-hybridized carbons (Fsp3) is 0.333. The number of hydrogen-bond acceptors (Lipinski definition) is 4. The monoisotopic (exact) mass is 249 g/mol. The Hall–Kier alpha value is -2.08. The summed E-state index contributed by atoms with van der Waals surface area (Å²) in [6.45, 7) is 0.300. The fourth-order valence-corrected chi connectivity index (χ4v) is 1.79. The predicted molar refractivity (Wildman–Crippen MR) is 65.2 cm³/mol. The Morgan fingerprint density at radius 3 is 2.94 bits per heavy atom. The number of amides is 2. The molecule has 1 aliphatic heterocycles. The third kappa shape index (κ3) is 2.28. The number of methoxy groups -OCH3 is 1. The molecule has 1 saturated heterocycles. The Bertz CT molecular complexity index is 475. The minimum Gasteiger partial charge on any atom is -0.497 e. The molecule has 0 bridgehead atoms. The van der Waals surface area contributed by atoms with Gasteiger partial charge in [0.05, 0.1) is 13.2 Å². The van der Waals surface area contributed by atoms with E-state index in [1.165, 1.54) is 7.11 Å². The summed E-state index contributed by atoms with van der Waals surface area (Å²) in [4.78, 5) is 23.2. The third-order valence-corrected chi connectivity index (χ3v) is 2.88. The van der Waals surface area contributed by atoms with E-state index in [0.717, 1.165) is 0 Å². The summed E-state index contributed by atoms with van der Waals surface area (Å²) in [5.41, 5.74) is 5.91. The summed E-state index contributed by atoms with van der Waals surface area (Å²) in [5, 5.41) is 5.27. The average Bonchev–Trinajstić information content (AvgIpc) is 2.41. The predicted octanol–water partition coefficient (Wildman–Crippen LogP) is -0.749. The van der Waals surface area contributed by atoms with Gasteiger partial charge in [0.25, 0.3) is 5.91 Å². The van der Waals surface area contributed by atoms with Gasteiger partial charge >= 0.3 is 0 Å². The van der Waals surface area contributed by atoms with Crippen molar-refractivity contribution in [3.05, 3.63) is 29.8 Å². The van der Waals surface area contributed by atoms with E-state index in [-0.39, 0.29) is 17.9 Å². The molecule has 2 atom stereocenters. The van der Waals surface area contributed by atoms with Gasteiger partial charge in [0.1, 0.15) is 11.8 Å².